The Morgan fingerprint density at radius 3 is 2.95 bits per heavy atom. The van der Waals surface area contributed by atoms with Crippen LogP contribution in [0, 0.1) is 10.1 Å². The second kappa shape index (κ2) is 5.57. The van der Waals surface area contributed by atoms with Crippen LogP contribution >= 0.6 is 0 Å². The van der Waals surface area contributed by atoms with E-state index in [1.165, 1.54) is 6.07 Å². The molecule has 0 aliphatic rings. The van der Waals surface area contributed by atoms with E-state index in [1.54, 1.807) is 18.5 Å². The molecule has 0 radical (unpaired) electrons. The SMILES string of the molecule is CC(NCc1nncn1C)c1cccc([N+](=O)[O-])c1. The quantitative estimate of drug-likeness (QED) is 0.652. The molecule has 0 bridgehead atoms. The van der Waals surface area contributed by atoms with Gasteiger partial charge in [-0.15, -0.1) is 10.2 Å². The Labute approximate surface area is 110 Å². The third kappa shape index (κ3) is 3.14. The van der Waals surface area contributed by atoms with Gasteiger partial charge in [-0.1, -0.05) is 12.1 Å². The number of nitro groups is 1. The normalized spacial score (nSPS) is 12.3. The van der Waals surface area contributed by atoms with Gasteiger partial charge >= 0.3 is 0 Å². The Hall–Kier alpha value is -2.28. The number of hydrogen-bond donors (Lipinski definition) is 1. The fourth-order valence-corrected chi connectivity index (χ4v) is 1.74. The first-order chi connectivity index (χ1) is 9.08. The molecule has 19 heavy (non-hydrogen) atoms. The average Bonchev–Trinajstić information content (AvgIpc) is 2.81. The maximum Gasteiger partial charge on any atom is 0.269 e. The fraction of sp³-hybridized carbons (Fsp3) is 0.333. The highest BCUT2D eigenvalue weighted by Crippen LogP contribution is 2.19. The van der Waals surface area contributed by atoms with Crippen molar-refractivity contribution in [3.63, 3.8) is 0 Å². The van der Waals surface area contributed by atoms with E-state index in [0.717, 1.165) is 11.4 Å². The number of nitrogens with one attached hydrogen (secondary N) is 1. The van der Waals surface area contributed by atoms with Gasteiger partial charge in [-0.2, -0.15) is 0 Å². The first kappa shape index (κ1) is 13.2. The van der Waals surface area contributed by atoms with Gasteiger partial charge in [0.05, 0.1) is 11.5 Å². The second-order valence-electron chi connectivity index (χ2n) is 4.31. The minimum Gasteiger partial charge on any atom is -0.320 e. The molecule has 1 aromatic carbocycles. The third-order valence-electron chi connectivity index (χ3n) is 2.95. The lowest BCUT2D eigenvalue weighted by atomic mass is 10.1. The lowest BCUT2D eigenvalue weighted by Gasteiger charge is -2.13. The second-order valence-corrected chi connectivity index (χ2v) is 4.31. The summed E-state index contributed by atoms with van der Waals surface area (Å²) in [6, 6.07) is 6.61. The Balaban J connectivity index is 2.03. The number of nitro benzene ring substituents is 1. The van der Waals surface area contributed by atoms with Gasteiger partial charge in [-0.3, -0.25) is 10.1 Å². The van der Waals surface area contributed by atoms with Gasteiger partial charge in [0.2, 0.25) is 0 Å². The molecule has 2 rings (SSSR count). The van der Waals surface area contributed by atoms with E-state index in [0.29, 0.717) is 6.54 Å². The van der Waals surface area contributed by atoms with E-state index in [2.05, 4.69) is 15.5 Å². The lowest BCUT2D eigenvalue weighted by Crippen LogP contribution is -2.20. The predicted molar refractivity (Wildman–Crippen MR) is 69.4 cm³/mol. The van der Waals surface area contributed by atoms with Crippen LogP contribution in [0.25, 0.3) is 0 Å². The molecule has 1 unspecified atom stereocenters. The minimum absolute atomic E-state index is 0.00315. The molecule has 2 aromatic rings. The Bertz CT molecular complexity index is 581. The van der Waals surface area contributed by atoms with Crippen LogP contribution in [0.2, 0.25) is 0 Å². The number of aryl methyl sites for hydroxylation is 1. The van der Waals surface area contributed by atoms with Crippen molar-refractivity contribution < 1.29 is 4.92 Å². The summed E-state index contributed by atoms with van der Waals surface area (Å²) in [6.45, 7) is 2.51. The van der Waals surface area contributed by atoms with Gasteiger partial charge in [0.25, 0.3) is 5.69 Å². The van der Waals surface area contributed by atoms with Crippen LogP contribution in [-0.2, 0) is 13.6 Å². The van der Waals surface area contributed by atoms with E-state index < -0.39 is 0 Å². The highest BCUT2D eigenvalue weighted by atomic mass is 16.6. The van der Waals surface area contributed by atoms with Crippen molar-refractivity contribution in [1.29, 1.82) is 0 Å². The van der Waals surface area contributed by atoms with Crippen molar-refractivity contribution in [1.82, 2.24) is 20.1 Å². The first-order valence-corrected chi connectivity index (χ1v) is 5.88. The number of benzene rings is 1. The number of hydrogen-bond acceptors (Lipinski definition) is 5. The molecule has 0 aliphatic carbocycles. The molecule has 0 saturated carbocycles. The number of nitrogens with zero attached hydrogens (tertiary/aromatic N) is 4. The number of rotatable bonds is 5. The van der Waals surface area contributed by atoms with Gasteiger partial charge in [0, 0.05) is 25.2 Å². The Morgan fingerprint density at radius 2 is 2.32 bits per heavy atom. The van der Waals surface area contributed by atoms with Crippen molar-refractivity contribution in [2.45, 2.75) is 19.5 Å². The molecular formula is C12H15N5O2. The Kier molecular flexibility index (Phi) is 3.86. The molecule has 100 valence electrons. The number of aromatic nitrogens is 3. The zero-order valence-electron chi connectivity index (χ0n) is 10.8. The molecule has 1 N–H and O–H groups in total. The molecule has 0 aliphatic heterocycles. The van der Waals surface area contributed by atoms with E-state index >= 15 is 0 Å². The van der Waals surface area contributed by atoms with E-state index in [-0.39, 0.29) is 16.7 Å². The van der Waals surface area contributed by atoms with E-state index in [4.69, 9.17) is 0 Å². The van der Waals surface area contributed by atoms with Crippen LogP contribution < -0.4 is 5.32 Å². The molecule has 7 heteroatoms. The minimum atomic E-state index is -0.390. The van der Waals surface area contributed by atoms with Crippen molar-refractivity contribution >= 4 is 5.69 Å². The van der Waals surface area contributed by atoms with Crippen LogP contribution in [0.3, 0.4) is 0 Å². The molecule has 0 spiro atoms. The van der Waals surface area contributed by atoms with Gasteiger partial charge in [0.1, 0.15) is 12.2 Å². The van der Waals surface area contributed by atoms with Gasteiger partial charge in [0.15, 0.2) is 0 Å². The first-order valence-electron chi connectivity index (χ1n) is 5.88. The summed E-state index contributed by atoms with van der Waals surface area (Å²) in [4.78, 5) is 10.3. The molecule has 1 atom stereocenters. The molecule has 0 fully saturated rings. The molecule has 1 heterocycles. The van der Waals surface area contributed by atoms with Gasteiger partial charge < -0.3 is 9.88 Å². The van der Waals surface area contributed by atoms with E-state index in [1.807, 2.05) is 24.6 Å². The smallest absolute Gasteiger partial charge is 0.269 e. The standard InChI is InChI=1S/C12H15N5O2/c1-9(13-7-12-15-14-8-16(12)2)10-4-3-5-11(6-10)17(18)19/h3-6,8-9,13H,7H2,1-2H3. The van der Waals surface area contributed by atoms with Crippen LogP contribution in [-0.4, -0.2) is 19.7 Å². The third-order valence-corrected chi connectivity index (χ3v) is 2.95. The summed E-state index contributed by atoms with van der Waals surface area (Å²) in [5, 5.41) is 21.8. The lowest BCUT2D eigenvalue weighted by molar-refractivity contribution is -0.384. The Morgan fingerprint density at radius 1 is 1.53 bits per heavy atom. The van der Waals surface area contributed by atoms with Crippen molar-refractivity contribution in [3.8, 4) is 0 Å². The molecule has 1 aromatic heterocycles. The van der Waals surface area contributed by atoms with Crippen LogP contribution in [0.4, 0.5) is 5.69 Å². The summed E-state index contributed by atoms with van der Waals surface area (Å²) in [7, 11) is 1.87. The predicted octanol–water partition coefficient (Wildman–Crippen LogP) is 1.57. The van der Waals surface area contributed by atoms with E-state index in [9.17, 15) is 10.1 Å². The largest absolute Gasteiger partial charge is 0.320 e. The van der Waals surface area contributed by atoms with Crippen LogP contribution in [0.5, 0.6) is 0 Å². The zero-order chi connectivity index (χ0) is 13.8. The van der Waals surface area contributed by atoms with Crippen molar-refractivity contribution in [3.05, 3.63) is 52.1 Å². The summed E-state index contributed by atoms with van der Waals surface area (Å²) in [6.07, 6.45) is 1.63. The van der Waals surface area contributed by atoms with Crippen molar-refractivity contribution in [2.75, 3.05) is 0 Å². The summed E-state index contributed by atoms with van der Waals surface area (Å²) >= 11 is 0. The summed E-state index contributed by atoms with van der Waals surface area (Å²) < 4.78 is 1.83. The zero-order valence-corrected chi connectivity index (χ0v) is 10.8. The topological polar surface area (TPSA) is 85.9 Å². The van der Waals surface area contributed by atoms with Crippen LogP contribution in [0.15, 0.2) is 30.6 Å². The fourth-order valence-electron chi connectivity index (χ4n) is 1.74. The maximum atomic E-state index is 10.7. The highest BCUT2D eigenvalue weighted by Gasteiger charge is 2.11. The summed E-state index contributed by atoms with van der Waals surface area (Å²) in [5.74, 6) is 0.817. The molecule has 0 saturated heterocycles. The summed E-state index contributed by atoms with van der Waals surface area (Å²) in [5.41, 5.74) is 0.973. The number of non-ortho nitro benzene ring substituents is 1. The van der Waals surface area contributed by atoms with Gasteiger partial charge in [-0.25, -0.2) is 0 Å². The van der Waals surface area contributed by atoms with Crippen LogP contribution in [0.1, 0.15) is 24.4 Å². The highest BCUT2D eigenvalue weighted by molar-refractivity contribution is 5.35. The maximum absolute atomic E-state index is 10.7. The van der Waals surface area contributed by atoms with Gasteiger partial charge in [-0.05, 0) is 12.5 Å². The average molecular weight is 261 g/mol. The monoisotopic (exact) mass is 261 g/mol. The molecule has 0 amide bonds. The molecular weight excluding hydrogens is 246 g/mol. The molecule has 7 nitrogen and oxygen atoms in total. The van der Waals surface area contributed by atoms with Crippen molar-refractivity contribution in [2.24, 2.45) is 7.05 Å².